The summed E-state index contributed by atoms with van der Waals surface area (Å²) in [6.07, 6.45) is 2.02. The maximum absolute atomic E-state index is 14.0. The van der Waals surface area contributed by atoms with Gasteiger partial charge in [0.05, 0.1) is 7.11 Å². The molecule has 106 valence electrons. The molecule has 1 aromatic carbocycles. The molecule has 0 saturated heterocycles. The fourth-order valence-electron chi connectivity index (χ4n) is 2.11. The third-order valence-electron chi connectivity index (χ3n) is 3.20. The third-order valence-corrected chi connectivity index (χ3v) is 3.20. The van der Waals surface area contributed by atoms with Gasteiger partial charge in [-0.1, -0.05) is 17.7 Å². The van der Waals surface area contributed by atoms with Crippen molar-refractivity contribution in [3.05, 3.63) is 53.2 Å². The number of benzene rings is 1. The Morgan fingerprint density at radius 3 is 2.80 bits per heavy atom. The van der Waals surface area contributed by atoms with Crippen LogP contribution in [0.15, 0.2) is 30.6 Å². The molecular formula is C15H18FN3O. The topological polar surface area (TPSA) is 47.0 Å². The standard InChI is InChI=1S/C15H18FN3O/c1-10-4-5-13(16)12(6-10)14(17-2)7-11-8-15(20-3)19-9-18-11/h4-6,8-9,14,17H,7H2,1-3H3. The van der Waals surface area contributed by atoms with Crippen molar-refractivity contribution >= 4 is 0 Å². The Labute approximate surface area is 118 Å². The van der Waals surface area contributed by atoms with Crippen molar-refractivity contribution in [1.29, 1.82) is 0 Å². The van der Waals surface area contributed by atoms with Gasteiger partial charge in [-0.2, -0.15) is 0 Å². The van der Waals surface area contributed by atoms with Crippen molar-refractivity contribution in [2.24, 2.45) is 0 Å². The summed E-state index contributed by atoms with van der Waals surface area (Å²) >= 11 is 0. The van der Waals surface area contributed by atoms with Gasteiger partial charge in [-0.15, -0.1) is 0 Å². The Morgan fingerprint density at radius 1 is 1.30 bits per heavy atom. The summed E-state index contributed by atoms with van der Waals surface area (Å²) < 4.78 is 19.0. The highest BCUT2D eigenvalue weighted by atomic mass is 19.1. The van der Waals surface area contributed by atoms with Gasteiger partial charge in [0.15, 0.2) is 0 Å². The molecule has 0 aliphatic rings. The van der Waals surface area contributed by atoms with Crippen LogP contribution in [0.2, 0.25) is 0 Å². The minimum absolute atomic E-state index is 0.144. The van der Waals surface area contributed by atoms with Crippen LogP contribution in [-0.4, -0.2) is 24.1 Å². The number of methoxy groups -OCH3 is 1. The van der Waals surface area contributed by atoms with E-state index in [0.717, 1.165) is 11.3 Å². The predicted molar refractivity (Wildman–Crippen MR) is 75.2 cm³/mol. The van der Waals surface area contributed by atoms with Crippen LogP contribution in [-0.2, 0) is 6.42 Å². The van der Waals surface area contributed by atoms with Gasteiger partial charge in [0.25, 0.3) is 0 Å². The van der Waals surface area contributed by atoms with E-state index in [9.17, 15) is 4.39 Å². The molecule has 20 heavy (non-hydrogen) atoms. The van der Waals surface area contributed by atoms with E-state index >= 15 is 0 Å². The van der Waals surface area contributed by atoms with E-state index in [0.29, 0.717) is 17.9 Å². The summed E-state index contributed by atoms with van der Waals surface area (Å²) in [4.78, 5) is 8.17. The first-order valence-electron chi connectivity index (χ1n) is 6.42. The lowest BCUT2D eigenvalue weighted by Crippen LogP contribution is -2.20. The lowest BCUT2D eigenvalue weighted by molar-refractivity contribution is 0.395. The fraction of sp³-hybridized carbons (Fsp3) is 0.333. The van der Waals surface area contributed by atoms with E-state index in [1.54, 1.807) is 19.2 Å². The van der Waals surface area contributed by atoms with Crippen LogP contribution in [0.5, 0.6) is 5.88 Å². The van der Waals surface area contributed by atoms with Crippen LogP contribution >= 0.6 is 0 Å². The zero-order valence-corrected chi connectivity index (χ0v) is 11.9. The highest BCUT2D eigenvalue weighted by Gasteiger charge is 2.16. The maximum Gasteiger partial charge on any atom is 0.216 e. The zero-order valence-electron chi connectivity index (χ0n) is 11.9. The quantitative estimate of drug-likeness (QED) is 0.910. The first-order chi connectivity index (χ1) is 9.63. The van der Waals surface area contributed by atoms with Gasteiger partial charge in [-0.25, -0.2) is 14.4 Å². The number of nitrogens with one attached hydrogen (secondary N) is 1. The van der Waals surface area contributed by atoms with Crippen LogP contribution in [0.25, 0.3) is 0 Å². The number of halogens is 1. The zero-order chi connectivity index (χ0) is 14.5. The first kappa shape index (κ1) is 14.4. The van der Waals surface area contributed by atoms with Crippen molar-refractivity contribution in [2.45, 2.75) is 19.4 Å². The SMILES string of the molecule is CNC(Cc1cc(OC)ncn1)c1cc(C)ccc1F. The average molecular weight is 275 g/mol. The summed E-state index contributed by atoms with van der Waals surface area (Å²) in [7, 11) is 3.37. The van der Waals surface area contributed by atoms with Crippen molar-refractivity contribution < 1.29 is 9.13 Å². The molecule has 0 bridgehead atoms. The van der Waals surface area contributed by atoms with Gasteiger partial charge in [-0.3, -0.25) is 0 Å². The monoisotopic (exact) mass is 275 g/mol. The third kappa shape index (κ3) is 3.30. The van der Waals surface area contributed by atoms with Crippen LogP contribution in [0, 0.1) is 12.7 Å². The minimum Gasteiger partial charge on any atom is -0.481 e. The maximum atomic E-state index is 14.0. The van der Waals surface area contributed by atoms with E-state index in [4.69, 9.17) is 4.74 Å². The van der Waals surface area contributed by atoms with Gasteiger partial charge in [0, 0.05) is 29.8 Å². The molecule has 0 saturated carbocycles. The number of aromatic nitrogens is 2. The molecular weight excluding hydrogens is 257 g/mol. The van der Waals surface area contributed by atoms with Gasteiger partial charge in [0.2, 0.25) is 5.88 Å². The predicted octanol–water partition coefficient (Wildman–Crippen LogP) is 2.44. The number of hydrogen-bond donors (Lipinski definition) is 1. The number of nitrogens with zero attached hydrogens (tertiary/aromatic N) is 2. The summed E-state index contributed by atoms with van der Waals surface area (Å²) in [5.41, 5.74) is 2.48. The molecule has 0 spiro atoms. The van der Waals surface area contributed by atoms with Gasteiger partial charge >= 0.3 is 0 Å². The molecule has 0 amide bonds. The number of hydrogen-bond acceptors (Lipinski definition) is 4. The molecule has 5 heteroatoms. The fourth-order valence-corrected chi connectivity index (χ4v) is 2.11. The molecule has 1 unspecified atom stereocenters. The first-order valence-corrected chi connectivity index (χ1v) is 6.42. The van der Waals surface area contributed by atoms with Crippen molar-refractivity contribution in [1.82, 2.24) is 15.3 Å². The second kappa shape index (κ2) is 6.43. The normalized spacial score (nSPS) is 12.2. The molecule has 4 nitrogen and oxygen atoms in total. The number of ether oxygens (including phenoxy) is 1. The number of rotatable bonds is 5. The van der Waals surface area contributed by atoms with Gasteiger partial charge in [0.1, 0.15) is 12.1 Å². The molecule has 1 heterocycles. The van der Waals surface area contributed by atoms with Crippen LogP contribution in [0.1, 0.15) is 22.9 Å². The van der Waals surface area contributed by atoms with E-state index in [1.165, 1.54) is 12.4 Å². The summed E-state index contributed by atoms with van der Waals surface area (Å²) in [6.45, 7) is 1.95. The molecule has 1 N–H and O–H groups in total. The largest absolute Gasteiger partial charge is 0.481 e. The Hall–Kier alpha value is -2.01. The lowest BCUT2D eigenvalue weighted by atomic mass is 9.99. The van der Waals surface area contributed by atoms with Crippen molar-refractivity contribution in [3.8, 4) is 5.88 Å². The second-order valence-corrected chi connectivity index (χ2v) is 4.62. The molecule has 0 radical (unpaired) electrons. The Bertz CT molecular complexity index is 589. The summed E-state index contributed by atoms with van der Waals surface area (Å²) in [5, 5.41) is 3.13. The van der Waals surface area contributed by atoms with E-state index in [-0.39, 0.29) is 11.9 Å². The highest BCUT2D eigenvalue weighted by molar-refractivity contribution is 5.28. The van der Waals surface area contributed by atoms with E-state index < -0.39 is 0 Å². The summed E-state index contributed by atoms with van der Waals surface area (Å²) in [5.74, 6) is 0.297. The van der Waals surface area contributed by atoms with Crippen molar-refractivity contribution in [3.63, 3.8) is 0 Å². The number of likely N-dealkylation sites (N-methyl/N-ethyl adjacent to an activating group) is 1. The van der Waals surface area contributed by atoms with Crippen molar-refractivity contribution in [2.75, 3.05) is 14.2 Å². The summed E-state index contributed by atoms with van der Waals surface area (Å²) in [6, 6.07) is 6.73. The van der Waals surface area contributed by atoms with E-state index in [1.807, 2.05) is 20.0 Å². The van der Waals surface area contributed by atoms with Gasteiger partial charge < -0.3 is 10.1 Å². The van der Waals surface area contributed by atoms with Crippen LogP contribution in [0.3, 0.4) is 0 Å². The lowest BCUT2D eigenvalue weighted by Gasteiger charge is -2.17. The Kier molecular flexibility index (Phi) is 4.63. The molecule has 2 aromatic rings. The molecule has 1 aromatic heterocycles. The molecule has 1 atom stereocenters. The molecule has 2 rings (SSSR count). The minimum atomic E-state index is -0.212. The molecule has 0 aliphatic heterocycles. The highest BCUT2D eigenvalue weighted by Crippen LogP contribution is 2.22. The second-order valence-electron chi connectivity index (χ2n) is 4.62. The van der Waals surface area contributed by atoms with Gasteiger partial charge in [-0.05, 0) is 20.0 Å². The van der Waals surface area contributed by atoms with E-state index in [2.05, 4.69) is 15.3 Å². The molecule has 0 aliphatic carbocycles. The Balaban J connectivity index is 2.26. The smallest absolute Gasteiger partial charge is 0.216 e. The van der Waals surface area contributed by atoms with Crippen LogP contribution < -0.4 is 10.1 Å². The Morgan fingerprint density at radius 2 is 2.10 bits per heavy atom. The van der Waals surface area contributed by atoms with Crippen LogP contribution in [0.4, 0.5) is 4.39 Å². The number of aryl methyl sites for hydroxylation is 1. The molecule has 0 fully saturated rings. The average Bonchev–Trinajstić information content (AvgIpc) is 2.47.